The molecule has 15 heavy (non-hydrogen) atoms. The standard InChI is InChI=1S/C13H21NS/c1-13(2,3)11-8-7-10(15-11)12(14-4)9-5-6-9/h7-9,12,14H,5-6H2,1-4H3. The first-order valence-corrected chi connectivity index (χ1v) is 6.61. The van der Waals surface area contributed by atoms with Crippen LogP contribution in [0.2, 0.25) is 0 Å². The molecular formula is C13H21NS. The highest BCUT2D eigenvalue weighted by molar-refractivity contribution is 7.12. The van der Waals surface area contributed by atoms with Gasteiger partial charge in [-0.05, 0) is 43.4 Å². The number of rotatable bonds is 3. The second-order valence-corrected chi connectivity index (χ2v) is 6.67. The molecule has 1 heterocycles. The summed E-state index contributed by atoms with van der Waals surface area (Å²) in [6.45, 7) is 6.86. The fraction of sp³-hybridized carbons (Fsp3) is 0.692. The highest BCUT2D eigenvalue weighted by Gasteiger charge is 2.32. The highest BCUT2D eigenvalue weighted by atomic mass is 32.1. The second kappa shape index (κ2) is 3.91. The molecule has 1 unspecified atom stereocenters. The molecule has 0 radical (unpaired) electrons. The Morgan fingerprint density at radius 3 is 2.40 bits per heavy atom. The van der Waals surface area contributed by atoms with Gasteiger partial charge in [-0.1, -0.05) is 20.8 Å². The minimum absolute atomic E-state index is 0.296. The molecule has 1 aromatic heterocycles. The first kappa shape index (κ1) is 11.2. The lowest BCUT2D eigenvalue weighted by Gasteiger charge is -2.16. The van der Waals surface area contributed by atoms with Crippen LogP contribution in [-0.2, 0) is 5.41 Å². The van der Waals surface area contributed by atoms with Gasteiger partial charge >= 0.3 is 0 Å². The molecule has 1 aliphatic carbocycles. The van der Waals surface area contributed by atoms with Crippen LogP contribution in [-0.4, -0.2) is 7.05 Å². The molecule has 0 aliphatic heterocycles. The van der Waals surface area contributed by atoms with Gasteiger partial charge in [-0.15, -0.1) is 11.3 Å². The SMILES string of the molecule is CNC(c1ccc(C(C)(C)C)s1)C1CC1. The normalized spacial score (nSPS) is 19.2. The van der Waals surface area contributed by atoms with Gasteiger partial charge in [0.25, 0.3) is 0 Å². The molecule has 1 fully saturated rings. The molecule has 84 valence electrons. The molecule has 2 heteroatoms. The topological polar surface area (TPSA) is 12.0 Å². The Morgan fingerprint density at radius 1 is 1.33 bits per heavy atom. The van der Waals surface area contributed by atoms with Crippen LogP contribution < -0.4 is 5.32 Å². The fourth-order valence-electron chi connectivity index (χ4n) is 1.96. The average molecular weight is 223 g/mol. The summed E-state index contributed by atoms with van der Waals surface area (Å²) < 4.78 is 0. The van der Waals surface area contributed by atoms with Crippen molar-refractivity contribution in [2.75, 3.05) is 7.05 Å². The van der Waals surface area contributed by atoms with Gasteiger partial charge in [0.05, 0.1) is 0 Å². The summed E-state index contributed by atoms with van der Waals surface area (Å²) >= 11 is 1.98. The van der Waals surface area contributed by atoms with E-state index in [9.17, 15) is 0 Å². The van der Waals surface area contributed by atoms with Crippen LogP contribution in [0.3, 0.4) is 0 Å². The van der Waals surface area contributed by atoms with Crippen molar-refractivity contribution in [3.05, 3.63) is 21.9 Å². The van der Waals surface area contributed by atoms with Crippen molar-refractivity contribution in [3.63, 3.8) is 0 Å². The predicted octanol–water partition coefficient (Wildman–Crippen LogP) is 3.72. The lowest BCUT2D eigenvalue weighted by Crippen LogP contribution is -2.16. The Morgan fingerprint density at radius 2 is 2.00 bits per heavy atom. The minimum Gasteiger partial charge on any atom is -0.312 e. The number of hydrogen-bond acceptors (Lipinski definition) is 2. The monoisotopic (exact) mass is 223 g/mol. The zero-order valence-corrected chi connectivity index (χ0v) is 10.9. The molecule has 0 amide bonds. The number of hydrogen-bond donors (Lipinski definition) is 1. The van der Waals surface area contributed by atoms with Gasteiger partial charge in [0.15, 0.2) is 0 Å². The van der Waals surface area contributed by atoms with Crippen LogP contribution in [0, 0.1) is 5.92 Å². The molecule has 0 spiro atoms. The quantitative estimate of drug-likeness (QED) is 0.823. The van der Waals surface area contributed by atoms with Gasteiger partial charge < -0.3 is 5.32 Å². The molecule has 1 N–H and O–H groups in total. The Labute approximate surface area is 96.9 Å². The number of thiophene rings is 1. The van der Waals surface area contributed by atoms with Crippen LogP contribution in [0.5, 0.6) is 0 Å². The summed E-state index contributed by atoms with van der Waals surface area (Å²) in [4.78, 5) is 3.02. The molecule has 0 bridgehead atoms. The van der Waals surface area contributed by atoms with Gasteiger partial charge in [0, 0.05) is 15.8 Å². The van der Waals surface area contributed by atoms with E-state index in [1.807, 2.05) is 11.3 Å². The van der Waals surface area contributed by atoms with E-state index in [0.29, 0.717) is 11.5 Å². The van der Waals surface area contributed by atoms with Crippen LogP contribution in [0.15, 0.2) is 12.1 Å². The van der Waals surface area contributed by atoms with E-state index in [1.54, 1.807) is 0 Å². The third-order valence-corrected chi connectivity index (χ3v) is 4.67. The number of nitrogens with one attached hydrogen (secondary N) is 1. The fourth-order valence-corrected chi connectivity index (χ4v) is 3.23. The summed E-state index contributed by atoms with van der Waals surface area (Å²) in [7, 11) is 2.08. The van der Waals surface area contributed by atoms with Crippen LogP contribution in [0.4, 0.5) is 0 Å². The molecule has 2 rings (SSSR count). The van der Waals surface area contributed by atoms with E-state index >= 15 is 0 Å². The van der Waals surface area contributed by atoms with Crippen molar-refractivity contribution in [2.24, 2.45) is 5.92 Å². The van der Waals surface area contributed by atoms with E-state index < -0.39 is 0 Å². The van der Waals surface area contributed by atoms with Gasteiger partial charge in [-0.3, -0.25) is 0 Å². The Bertz CT molecular complexity index is 331. The summed E-state index contributed by atoms with van der Waals surface area (Å²) in [5.41, 5.74) is 0.296. The molecule has 1 nitrogen and oxygen atoms in total. The third kappa shape index (κ3) is 2.43. The maximum absolute atomic E-state index is 3.46. The molecule has 1 aliphatic rings. The Balaban J connectivity index is 2.18. The Hall–Kier alpha value is -0.340. The highest BCUT2D eigenvalue weighted by Crippen LogP contribution is 2.43. The predicted molar refractivity (Wildman–Crippen MR) is 67.5 cm³/mol. The van der Waals surface area contributed by atoms with E-state index in [1.165, 1.54) is 22.6 Å². The van der Waals surface area contributed by atoms with Crippen molar-refractivity contribution in [3.8, 4) is 0 Å². The first-order chi connectivity index (χ1) is 7.02. The van der Waals surface area contributed by atoms with Crippen molar-refractivity contribution in [1.29, 1.82) is 0 Å². The molecular weight excluding hydrogens is 202 g/mol. The minimum atomic E-state index is 0.296. The second-order valence-electron chi connectivity index (χ2n) is 5.56. The lowest BCUT2D eigenvalue weighted by molar-refractivity contribution is 0.537. The van der Waals surface area contributed by atoms with Crippen molar-refractivity contribution in [2.45, 2.75) is 45.1 Å². The Kier molecular flexibility index (Phi) is 2.91. The van der Waals surface area contributed by atoms with Crippen molar-refractivity contribution >= 4 is 11.3 Å². The summed E-state index contributed by atoms with van der Waals surface area (Å²) in [6, 6.07) is 5.21. The zero-order valence-electron chi connectivity index (χ0n) is 10.1. The summed E-state index contributed by atoms with van der Waals surface area (Å²) in [5.74, 6) is 0.890. The van der Waals surface area contributed by atoms with Crippen molar-refractivity contribution in [1.82, 2.24) is 5.32 Å². The zero-order chi connectivity index (χ0) is 11.1. The van der Waals surface area contributed by atoms with E-state index in [4.69, 9.17) is 0 Å². The molecule has 0 aromatic carbocycles. The average Bonchev–Trinajstić information content (AvgIpc) is 2.82. The van der Waals surface area contributed by atoms with Crippen LogP contribution >= 0.6 is 11.3 Å². The van der Waals surface area contributed by atoms with Gasteiger partial charge in [-0.25, -0.2) is 0 Å². The maximum atomic E-state index is 3.46. The van der Waals surface area contributed by atoms with Crippen LogP contribution in [0.25, 0.3) is 0 Å². The third-order valence-electron chi connectivity index (χ3n) is 3.08. The van der Waals surface area contributed by atoms with Gasteiger partial charge in [0.1, 0.15) is 0 Å². The smallest absolute Gasteiger partial charge is 0.0441 e. The van der Waals surface area contributed by atoms with Crippen LogP contribution in [0.1, 0.15) is 49.4 Å². The largest absolute Gasteiger partial charge is 0.312 e. The summed E-state index contributed by atoms with van der Waals surface area (Å²) in [5, 5.41) is 3.46. The molecule has 1 saturated carbocycles. The van der Waals surface area contributed by atoms with E-state index in [2.05, 4.69) is 45.3 Å². The molecule has 1 aromatic rings. The summed E-state index contributed by atoms with van der Waals surface area (Å²) in [6.07, 6.45) is 2.79. The van der Waals surface area contributed by atoms with Crippen molar-refractivity contribution < 1.29 is 0 Å². The lowest BCUT2D eigenvalue weighted by atomic mass is 9.95. The van der Waals surface area contributed by atoms with E-state index in [0.717, 1.165) is 5.92 Å². The maximum Gasteiger partial charge on any atom is 0.0441 e. The molecule has 0 saturated heterocycles. The molecule has 1 atom stereocenters. The van der Waals surface area contributed by atoms with Gasteiger partial charge in [0.2, 0.25) is 0 Å². The first-order valence-electron chi connectivity index (χ1n) is 5.80. The van der Waals surface area contributed by atoms with E-state index in [-0.39, 0.29) is 0 Å². The van der Waals surface area contributed by atoms with Gasteiger partial charge in [-0.2, -0.15) is 0 Å².